The van der Waals surface area contributed by atoms with Crippen LogP contribution in [0.1, 0.15) is 51.3 Å². The van der Waals surface area contributed by atoms with Gasteiger partial charge in [0.15, 0.2) is 5.82 Å². The normalized spacial score (nSPS) is 17.7. The van der Waals surface area contributed by atoms with E-state index in [0.29, 0.717) is 24.8 Å². The second-order valence-corrected chi connectivity index (χ2v) is 5.51. The number of aliphatic carboxylic acids is 1. The van der Waals surface area contributed by atoms with E-state index in [0.717, 1.165) is 18.7 Å². The van der Waals surface area contributed by atoms with Crippen molar-refractivity contribution in [2.24, 2.45) is 11.8 Å². The molecule has 0 radical (unpaired) electrons. The van der Waals surface area contributed by atoms with Crippen LogP contribution in [-0.4, -0.2) is 31.3 Å². The molecule has 1 aromatic heterocycles. The van der Waals surface area contributed by atoms with Crippen molar-refractivity contribution in [3.8, 4) is 0 Å². The van der Waals surface area contributed by atoms with Crippen molar-refractivity contribution >= 4 is 5.97 Å². The molecule has 1 aromatic rings. The van der Waals surface area contributed by atoms with E-state index in [1.54, 1.807) is 4.68 Å². The quantitative estimate of drug-likeness (QED) is 0.833. The van der Waals surface area contributed by atoms with E-state index in [-0.39, 0.29) is 0 Å². The maximum atomic E-state index is 11.2. The minimum atomic E-state index is -0.765. The average molecular weight is 252 g/mol. The molecule has 0 aliphatic heterocycles. The maximum absolute atomic E-state index is 11.2. The Balaban J connectivity index is 2.06. The van der Waals surface area contributed by atoms with Gasteiger partial charge in [0.05, 0.1) is 12.5 Å². The van der Waals surface area contributed by atoms with E-state index in [4.69, 9.17) is 0 Å². The fraction of sp³-hybridized carbons (Fsp3) is 0.833. The van der Waals surface area contributed by atoms with Gasteiger partial charge in [-0.2, -0.15) is 0 Å². The Hall–Kier alpha value is -1.46. The van der Waals surface area contributed by atoms with Crippen LogP contribution in [-0.2, 0) is 11.3 Å². The number of tetrazole rings is 1. The van der Waals surface area contributed by atoms with Crippen molar-refractivity contribution in [3.63, 3.8) is 0 Å². The predicted octanol–water partition coefficient (Wildman–Crippen LogP) is 1.69. The molecule has 0 aromatic carbocycles. The molecule has 0 bridgehead atoms. The zero-order chi connectivity index (χ0) is 13.1. The zero-order valence-corrected chi connectivity index (χ0v) is 10.9. The van der Waals surface area contributed by atoms with E-state index < -0.39 is 11.9 Å². The fourth-order valence-corrected chi connectivity index (χ4v) is 2.33. The molecule has 1 aliphatic carbocycles. The highest BCUT2D eigenvalue weighted by molar-refractivity contribution is 5.69. The number of carboxylic acid groups (broad SMARTS) is 1. The zero-order valence-electron chi connectivity index (χ0n) is 10.9. The first kappa shape index (κ1) is 13.0. The summed E-state index contributed by atoms with van der Waals surface area (Å²) in [6, 6.07) is 0. The Labute approximate surface area is 106 Å². The van der Waals surface area contributed by atoms with Crippen molar-refractivity contribution in [1.82, 2.24) is 20.2 Å². The number of rotatable bonds is 6. The SMILES string of the molecule is CC(C)CC(Cn1nnnc1C1CCC1)C(=O)O. The first-order valence-corrected chi connectivity index (χ1v) is 6.56. The summed E-state index contributed by atoms with van der Waals surface area (Å²) in [4.78, 5) is 11.2. The second-order valence-electron chi connectivity index (χ2n) is 5.51. The lowest BCUT2D eigenvalue weighted by Gasteiger charge is -2.24. The number of nitrogens with zero attached hydrogens (tertiary/aromatic N) is 4. The molecule has 0 spiro atoms. The summed E-state index contributed by atoms with van der Waals surface area (Å²) in [5, 5.41) is 20.9. The summed E-state index contributed by atoms with van der Waals surface area (Å²) in [5.74, 6) is 0.463. The highest BCUT2D eigenvalue weighted by Crippen LogP contribution is 2.34. The predicted molar refractivity (Wildman–Crippen MR) is 65.0 cm³/mol. The van der Waals surface area contributed by atoms with Gasteiger partial charge in [-0.3, -0.25) is 4.79 Å². The van der Waals surface area contributed by atoms with Crippen LogP contribution in [0.5, 0.6) is 0 Å². The van der Waals surface area contributed by atoms with Gasteiger partial charge in [0.25, 0.3) is 0 Å². The first-order chi connectivity index (χ1) is 8.58. The van der Waals surface area contributed by atoms with Gasteiger partial charge in [-0.1, -0.05) is 20.3 Å². The third-order valence-electron chi connectivity index (χ3n) is 3.53. The maximum Gasteiger partial charge on any atom is 0.308 e. The van der Waals surface area contributed by atoms with Crippen LogP contribution in [0.4, 0.5) is 0 Å². The van der Waals surface area contributed by atoms with E-state index in [1.165, 1.54) is 6.42 Å². The summed E-state index contributed by atoms with van der Waals surface area (Å²) >= 11 is 0. The third kappa shape index (κ3) is 2.86. The van der Waals surface area contributed by atoms with E-state index in [2.05, 4.69) is 15.5 Å². The van der Waals surface area contributed by atoms with Crippen LogP contribution in [0.15, 0.2) is 0 Å². The first-order valence-electron chi connectivity index (χ1n) is 6.56. The Morgan fingerprint density at radius 1 is 1.50 bits per heavy atom. The van der Waals surface area contributed by atoms with E-state index in [9.17, 15) is 9.90 Å². The van der Waals surface area contributed by atoms with Crippen LogP contribution in [0.25, 0.3) is 0 Å². The molecule has 1 heterocycles. The van der Waals surface area contributed by atoms with E-state index in [1.807, 2.05) is 13.8 Å². The molecule has 2 rings (SSSR count). The fourth-order valence-electron chi connectivity index (χ4n) is 2.33. The number of aromatic nitrogens is 4. The number of carboxylic acids is 1. The lowest BCUT2D eigenvalue weighted by molar-refractivity contribution is -0.142. The van der Waals surface area contributed by atoms with Gasteiger partial charge in [0, 0.05) is 5.92 Å². The molecular formula is C12H20N4O2. The summed E-state index contributed by atoms with van der Waals surface area (Å²) in [5.41, 5.74) is 0. The van der Waals surface area contributed by atoms with Crippen LogP contribution < -0.4 is 0 Å². The van der Waals surface area contributed by atoms with Gasteiger partial charge >= 0.3 is 5.97 Å². The molecule has 100 valence electrons. The monoisotopic (exact) mass is 252 g/mol. The smallest absolute Gasteiger partial charge is 0.308 e. The van der Waals surface area contributed by atoms with Gasteiger partial charge < -0.3 is 5.11 Å². The molecule has 1 unspecified atom stereocenters. The van der Waals surface area contributed by atoms with E-state index >= 15 is 0 Å². The molecular weight excluding hydrogens is 232 g/mol. The van der Waals surface area contributed by atoms with Crippen LogP contribution in [0, 0.1) is 11.8 Å². The Bertz CT molecular complexity index is 412. The number of hydrogen-bond acceptors (Lipinski definition) is 4. The molecule has 1 N–H and O–H groups in total. The van der Waals surface area contributed by atoms with Crippen molar-refractivity contribution in [2.75, 3.05) is 0 Å². The Morgan fingerprint density at radius 2 is 2.22 bits per heavy atom. The van der Waals surface area contributed by atoms with Gasteiger partial charge in [-0.25, -0.2) is 4.68 Å². The Kier molecular flexibility index (Phi) is 3.93. The molecule has 6 nitrogen and oxygen atoms in total. The van der Waals surface area contributed by atoms with Gasteiger partial charge in [-0.05, 0) is 35.6 Å². The van der Waals surface area contributed by atoms with Gasteiger partial charge in [0.1, 0.15) is 0 Å². The highest BCUT2D eigenvalue weighted by Gasteiger charge is 2.28. The second kappa shape index (κ2) is 5.46. The molecule has 1 atom stereocenters. The van der Waals surface area contributed by atoms with Crippen LogP contribution in [0.3, 0.4) is 0 Å². The van der Waals surface area contributed by atoms with Crippen LogP contribution >= 0.6 is 0 Å². The summed E-state index contributed by atoms with van der Waals surface area (Å²) in [6.45, 7) is 4.44. The van der Waals surface area contributed by atoms with Crippen molar-refractivity contribution in [1.29, 1.82) is 0 Å². The topological polar surface area (TPSA) is 80.9 Å². The number of carbonyl (C=O) groups is 1. The van der Waals surface area contributed by atoms with Crippen molar-refractivity contribution < 1.29 is 9.90 Å². The molecule has 1 saturated carbocycles. The standard InChI is InChI=1S/C12H20N4O2/c1-8(2)6-10(12(17)18)7-16-11(13-14-15-16)9-4-3-5-9/h8-10H,3-7H2,1-2H3,(H,17,18). The number of hydrogen-bond donors (Lipinski definition) is 1. The van der Waals surface area contributed by atoms with Crippen molar-refractivity contribution in [2.45, 2.75) is 52.0 Å². The highest BCUT2D eigenvalue weighted by atomic mass is 16.4. The molecule has 1 fully saturated rings. The van der Waals surface area contributed by atoms with Crippen LogP contribution in [0.2, 0.25) is 0 Å². The van der Waals surface area contributed by atoms with Gasteiger partial charge in [0.2, 0.25) is 0 Å². The summed E-state index contributed by atoms with van der Waals surface area (Å²) < 4.78 is 1.69. The molecule has 0 amide bonds. The largest absolute Gasteiger partial charge is 0.481 e. The summed E-state index contributed by atoms with van der Waals surface area (Å²) in [7, 11) is 0. The third-order valence-corrected chi connectivity index (χ3v) is 3.53. The minimum Gasteiger partial charge on any atom is -0.481 e. The Morgan fingerprint density at radius 3 is 2.72 bits per heavy atom. The molecule has 0 saturated heterocycles. The van der Waals surface area contributed by atoms with Gasteiger partial charge in [-0.15, -0.1) is 5.10 Å². The van der Waals surface area contributed by atoms with Crippen molar-refractivity contribution in [3.05, 3.63) is 5.82 Å². The lowest BCUT2D eigenvalue weighted by atomic mass is 9.85. The average Bonchev–Trinajstić information content (AvgIpc) is 2.62. The molecule has 6 heteroatoms. The molecule has 1 aliphatic rings. The molecule has 18 heavy (non-hydrogen) atoms. The lowest BCUT2D eigenvalue weighted by Crippen LogP contribution is -2.25. The summed E-state index contributed by atoms with van der Waals surface area (Å²) in [6.07, 6.45) is 4.09. The minimum absolute atomic E-state index is 0.356.